The van der Waals surface area contributed by atoms with Crippen LogP contribution in [0.4, 0.5) is 5.69 Å². The van der Waals surface area contributed by atoms with Crippen molar-refractivity contribution in [2.45, 2.75) is 31.5 Å². The van der Waals surface area contributed by atoms with Crippen LogP contribution in [-0.2, 0) is 24.2 Å². The third-order valence-electron chi connectivity index (χ3n) is 7.29. The van der Waals surface area contributed by atoms with Gasteiger partial charge in [0.05, 0.1) is 18.1 Å². The number of imidazole rings is 1. The molecule has 7 nitrogen and oxygen atoms in total. The number of aromatic nitrogens is 3. The van der Waals surface area contributed by atoms with Gasteiger partial charge in [-0.1, -0.05) is 35.9 Å². The Balaban J connectivity index is 1.31. The van der Waals surface area contributed by atoms with Crippen LogP contribution in [-0.4, -0.2) is 51.0 Å². The molecule has 8 heteroatoms. The monoisotopic (exact) mass is 512 g/mol. The van der Waals surface area contributed by atoms with Crippen molar-refractivity contribution >= 4 is 23.2 Å². The summed E-state index contributed by atoms with van der Waals surface area (Å²) in [4.78, 5) is 25.0. The molecule has 1 saturated heterocycles. The van der Waals surface area contributed by atoms with E-state index in [4.69, 9.17) is 16.6 Å². The zero-order valence-corrected chi connectivity index (χ0v) is 21.2. The van der Waals surface area contributed by atoms with Gasteiger partial charge in [-0.2, -0.15) is 0 Å². The summed E-state index contributed by atoms with van der Waals surface area (Å²) in [5.74, 6) is -0.0239. The Labute approximate surface area is 221 Å². The molecule has 0 bridgehead atoms. The highest BCUT2D eigenvalue weighted by Gasteiger charge is 2.38. The number of carbonyl (C=O) groups excluding carboxylic acids is 1. The Morgan fingerprint density at radius 2 is 2.00 bits per heavy atom. The standard InChI is InChI=1S/C29H29ClN6O/c30-23-8-9-25-22(16-23)7-6-21-4-2-10-33-27(21)28(25)36-14-12-31-17-26(36)29(37)34-24-5-1-3-20(15-24)18-35-13-11-32-19-35/h1-5,8-11,13,15-16,19,26,28,31H,6-7,12,14,17-18H2,(H,34,37)/t26-,28+/m1/s1. The fourth-order valence-corrected chi connectivity index (χ4v) is 5.75. The van der Waals surface area contributed by atoms with E-state index in [0.29, 0.717) is 13.1 Å². The molecule has 3 heterocycles. The molecule has 2 aromatic heterocycles. The molecule has 2 aliphatic rings. The summed E-state index contributed by atoms with van der Waals surface area (Å²) in [6.07, 6.45) is 9.15. The molecule has 1 fully saturated rings. The van der Waals surface area contributed by atoms with Gasteiger partial charge in [-0.25, -0.2) is 4.98 Å². The zero-order chi connectivity index (χ0) is 25.2. The van der Waals surface area contributed by atoms with Crippen LogP contribution in [0.25, 0.3) is 0 Å². The first-order chi connectivity index (χ1) is 18.2. The van der Waals surface area contributed by atoms with E-state index in [2.05, 4.69) is 44.8 Å². The number of benzene rings is 2. The summed E-state index contributed by atoms with van der Waals surface area (Å²) >= 11 is 6.39. The van der Waals surface area contributed by atoms with Crippen LogP contribution in [0, 0.1) is 0 Å². The van der Waals surface area contributed by atoms with Crippen molar-refractivity contribution in [1.82, 2.24) is 24.8 Å². The number of pyridine rings is 1. The van der Waals surface area contributed by atoms with E-state index in [1.54, 1.807) is 12.5 Å². The molecular weight excluding hydrogens is 484 g/mol. The number of amides is 1. The van der Waals surface area contributed by atoms with Crippen molar-refractivity contribution in [3.8, 4) is 0 Å². The maximum Gasteiger partial charge on any atom is 0.243 e. The zero-order valence-electron chi connectivity index (χ0n) is 20.5. The van der Waals surface area contributed by atoms with Gasteiger partial charge in [0, 0.05) is 55.5 Å². The predicted octanol–water partition coefficient (Wildman–Crippen LogP) is 4.08. The van der Waals surface area contributed by atoms with Crippen molar-refractivity contribution in [1.29, 1.82) is 0 Å². The van der Waals surface area contributed by atoms with Gasteiger partial charge >= 0.3 is 0 Å². The van der Waals surface area contributed by atoms with E-state index >= 15 is 0 Å². The lowest BCUT2D eigenvalue weighted by atomic mass is 9.94. The molecule has 4 aromatic rings. The molecular formula is C29H29ClN6O. The normalized spacial score (nSPS) is 19.5. The van der Waals surface area contributed by atoms with Gasteiger partial charge in [0.1, 0.15) is 6.04 Å². The average Bonchev–Trinajstić information content (AvgIpc) is 3.37. The number of halogens is 1. The van der Waals surface area contributed by atoms with Gasteiger partial charge in [0.2, 0.25) is 5.91 Å². The van der Waals surface area contributed by atoms with E-state index in [9.17, 15) is 4.79 Å². The van der Waals surface area contributed by atoms with Gasteiger partial charge in [-0.05, 0) is 65.4 Å². The minimum Gasteiger partial charge on any atom is -0.333 e. The number of nitrogens with one attached hydrogen (secondary N) is 2. The smallest absolute Gasteiger partial charge is 0.243 e. The lowest BCUT2D eigenvalue weighted by Gasteiger charge is -2.41. The molecule has 0 unspecified atom stereocenters. The number of carbonyl (C=O) groups is 1. The first-order valence-corrected chi connectivity index (χ1v) is 13.1. The summed E-state index contributed by atoms with van der Waals surface area (Å²) in [5, 5.41) is 7.35. The Morgan fingerprint density at radius 1 is 1.08 bits per heavy atom. The molecule has 2 aromatic carbocycles. The van der Waals surface area contributed by atoms with Crippen LogP contribution in [0.1, 0.15) is 34.0 Å². The lowest BCUT2D eigenvalue weighted by Crippen LogP contribution is -2.57. The number of aryl methyl sites for hydroxylation is 2. The highest BCUT2D eigenvalue weighted by atomic mass is 35.5. The second-order valence-electron chi connectivity index (χ2n) is 9.68. The average molecular weight is 513 g/mol. The first-order valence-electron chi connectivity index (χ1n) is 12.7. The maximum atomic E-state index is 13.8. The molecule has 2 N–H and O–H groups in total. The van der Waals surface area contributed by atoms with Gasteiger partial charge < -0.3 is 15.2 Å². The fraction of sp³-hybridized carbons (Fsp3) is 0.276. The number of hydrogen-bond acceptors (Lipinski definition) is 5. The molecule has 0 saturated carbocycles. The van der Waals surface area contributed by atoms with E-state index in [1.165, 1.54) is 16.7 Å². The van der Waals surface area contributed by atoms with Crippen molar-refractivity contribution < 1.29 is 4.79 Å². The summed E-state index contributed by atoms with van der Waals surface area (Å²) in [7, 11) is 0. The molecule has 0 spiro atoms. The van der Waals surface area contributed by atoms with Crippen LogP contribution < -0.4 is 10.6 Å². The number of anilines is 1. The van der Waals surface area contributed by atoms with Gasteiger partial charge in [-0.15, -0.1) is 0 Å². The Bertz CT molecular complexity index is 1410. The highest BCUT2D eigenvalue weighted by molar-refractivity contribution is 6.30. The van der Waals surface area contributed by atoms with Crippen LogP contribution in [0.3, 0.4) is 0 Å². The topological polar surface area (TPSA) is 75.1 Å². The second-order valence-corrected chi connectivity index (χ2v) is 10.1. The Kier molecular flexibility index (Phi) is 6.74. The van der Waals surface area contributed by atoms with Gasteiger partial charge in [-0.3, -0.25) is 14.7 Å². The summed E-state index contributed by atoms with van der Waals surface area (Å²) in [6.45, 7) is 2.82. The fourth-order valence-electron chi connectivity index (χ4n) is 5.55. The summed E-state index contributed by atoms with van der Waals surface area (Å²) < 4.78 is 2.01. The molecule has 0 radical (unpaired) electrons. The van der Waals surface area contributed by atoms with Crippen LogP contribution in [0.2, 0.25) is 5.02 Å². The van der Waals surface area contributed by atoms with E-state index in [-0.39, 0.29) is 18.0 Å². The van der Waals surface area contributed by atoms with Crippen LogP contribution in [0.15, 0.2) is 79.5 Å². The van der Waals surface area contributed by atoms with Gasteiger partial charge in [0.15, 0.2) is 0 Å². The van der Waals surface area contributed by atoms with E-state index in [1.807, 2.05) is 47.3 Å². The third kappa shape index (κ3) is 5.03. The number of rotatable bonds is 5. The van der Waals surface area contributed by atoms with Crippen LogP contribution >= 0.6 is 11.6 Å². The highest BCUT2D eigenvalue weighted by Crippen LogP contribution is 2.38. The lowest BCUT2D eigenvalue weighted by molar-refractivity contribution is -0.122. The molecule has 37 heavy (non-hydrogen) atoms. The first kappa shape index (κ1) is 23.9. The SMILES string of the molecule is O=C(Nc1cccc(Cn2ccnc2)c1)[C@H]1CNCCN1[C@H]1c2ccc(Cl)cc2CCc2cccnc21. The van der Waals surface area contributed by atoms with Gasteiger partial charge in [0.25, 0.3) is 0 Å². The van der Waals surface area contributed by atoms with E-state index < -0.39 is 0 Å². The second kappa shape index (κ2) is 10.5. The number of fused-ring (bicyclic) bond motifs is 2. The molecule has 1 amide bonds. The van der Waals surface area contributed by atoms with Crippen molar-refractivity contribution in [3.63, 3.8) is 0 Å². The summed E-state index contributed by atoms with van der Waals surface area (Å²) in [5.41, 5.74) is 6.56. The Hall–Kier alpha value is -3.52. The van der Waals surface area contributed by atoms with Crippen molar-refractivity contribution in [3.05, 3.63) is 112 Å². The minimum atomic E-state index is -0.354. The molecule has 1 aliphatic carbocycles. The predicted molar refractivity (Wildman–Crippen MR) is 145 cm³/mol. The van der Waals surface area contributed by atoms with Crippen molar-refractivity contribution in [2.24, 2.45) is 0 Å². The minimum absolute atomic E-state index is 0.0239. The number of hydrogen-bond donors (Lipinski definition) is 2. The maximum absolute atomic E-state index is 13.8. The third-order valence-corrected chi connectivity index (χ3v) is 7.52. The Morgan fingerprint density at radius 3 is 2.89 bits per heavy atom. The van der Waals surface area contributed by atoms with E-state index in [0.717, 1.165) is 47.9 Å². The molecule has 188 valence electrons. The van der Waals surface area contributed by atoms with Crippen LogP contribution in [0.5, 0.6) is 0 Å². The largest absolute Gasteiger partial charge is 0.333 e. The summed E-state index contributed by atoms with van der Waals surface area (Å²) in [6, 6.07) is 17.8. The molecule has 2 atom stereocenters. The molecule has 1 aliphatic heterocycles. The van der Waals surface area contributed by atoms with Crippen molar-refractivity contribution in [2.75, 3.05) is 25.0 Å². The quantitative estimate of drug-likeness (QED) is 0.421. The molecule has 6 rings (SSSR count). The number of piperazine rings is 1. The number of nitrogens with zero attached hydrogens (tertiary/aromatic N) is 4.